The molecule has 0 fully saturated rings. The van der Waals surface area contributed by atoms with Gasteiger partial charge in [0.2, 0.25) is 0 Å². The summed E-state index contributed by atoms with van der Waals surface area (Å²) in [6.45, 7) is 2.66. The Balaban J connectivity index is 3.26. The molecule has 0 aliphatic carbocycles. The van der Waals surface area contributed by atoms with Crippen LogP contribution < -0.4 is 0 Å². The molecular weight excluding hydrogens is 158 g/mol. The average Bonchev–Trinajstić information content (AvgIpc) is 1.97. The zero-order valence-electron chi connectivity index (χ0n) is 7.91. The first-order valence-electron chi connectivity index (χ1n) is 4.03. The molecule has 0 saturated carbocycles. The molecule has 0 saturated heterocycles. The van der Waals surface area contributed by atoms with Crippen molar-refractivity contribution >= 4 is 5.97 Å². The molecule has 0 aliphatic heterocycles. The molecule has 0 aromatic rings. The zero-order chi connectivity index (χ0) is 9.56. The summed E-state index contributed by atoms with van der Waals surface area (Å²) in [4.78, 5) is 12.7. The molecule has 0 aromatic heterocycles. The summed E-state index contributed by atoms with van der Waals surface area (Å²) in [6.07, 6.45) is -0.213. The van der Waals surface area contributed by atoms with Crippen molar-refractivity contribution in [2.24, 2.45) is 0 Å². The van der Waals surface area contributed by atoms with Crippen LogP contribution in [0.1, 0.15) is 13.3 Å². The van der Waals surface area contributed by atoms with Crippen LogP contribution in [0.4, 0.5) is 0 Å². The van der Waals surface area contributed by atoms with Crippen molar-refractivity contribution in [2.75, 3.05) is 27.2 Å². The number of aliphatic hydroxyl groups excluding tert-OH is 1. The van der Waals surface area contributed by atoms with E-state index in [4.69, 9.17) is 9.84 Å². The molecular formula is C8H17NO3. The third-order valence-electron chi connectivity index (χ3n) is 1.34. The minimum atomic E-state index is -1.01. The smallest absolute Gasteiger partial charge is 0.334 e. The third-order valence-corrected chi connectivity index (χ3v) is 1.34. The van der Waals surface area contributed by atoms with Crippen LogP contribution in [0.2, 0.25) is 0 Å². The second kappa shape index (κ2) is 5.97. The highest BCUT2D eigenvalue weighted by Crippen LogP contribution is 1.90. The number of rotatable bonds is 5. The van der Waals surface area contributed by atoms with Crippen LogP contribution in [0.15, 0.2) is 0 Å². The van der Waals surface area contributed by atoms with E-state index in [0.717, 1.165) is 13.0 Å². The van der Waals surface area contributed by atoms with E-state index in [1.165, 1.54) is 6.92 Å². The van der Waals surface area contributed by atoms with E-state index < -0.39 is 12.1 Å². The summed E-state index contributed by atoms with van der Waals surface area (Å²) >= 11 is 0. The van der Waals surface area contributed by atoms with Gasteiger partial charge in [-0.15, -0.1) is 0 Å². The van der Waals surface area contributed by atoms with Gasteiger partial charge in [-0.05, 0) is 27.4 Å². The lowest BCUT2D eigenvalue weighted by molar-refractivity contribution is -0.152. The van der Waals surface area contributed by atoms with E-state index >= 15 is 0 Å². The van der Waals surface area contributed by atoms with Crippen LogP contribution in [0, 0.1) is 0 Å². The molecule has 0 spiro atoms. The van der Waals surface area contributed by atoms with Gasteiger partial charge in [0.05, 0.1) is 6.61 Å². The van der Waals surface area contributed by atoms with Crippen LogP contribution in [0.25, 0.3) is 0 Å². The Morgan fingerprint density at radius 2 is 2.17 bits per heavy atom. The Hall–Kier alpha value is -0.610. The molecule has 4 nitrogen and oxygen atoms in total. The lowest BCUT2D eigenvalue weighted by atomic mass is 10.4. The standard InChI is InChI=1S/C8H17NO3/c1-7(10)8(11)12-6-4-5-9(2)3/h7,10H,4-6H2,1-3H3. The van der Waals surface area contributed by atoms with Gasteiger partial charge >= 0.3 is 5.97 Å². The van der Waals surface area contributed by atoms with Gasteiger partial charge in [0.25, 0.3) is 0 Å². The Kier molecular flexibility index (Phi) is 5.66. The Morgan fingerprint density at radius 3 is 2.58 bits per heavy atom. The van der Waals surface area contributed by atoms with Gasteiger partial charge in [0.1, 0.15) is 6.10 Å². The van der Waals surface area contributed by atoms with Crippen LogP contribution in [-0.4, -0.2) is 49.3 Å². The normalized spacial score (nSPS) is 13.1. The number of aliphatic hydroxyl groups is 1. The molecule has 72 valence electrons. The van der Waals surface area contributed by atoms with Gasteiger partial charge in [-0.3, -0.25) is 0 Å². The Labute approximate surface area is 73.1 Å². The lowest BCUT2D eigenvalue weighted by Crippen LogP contribution is -2.21. The summed E-state index contributed by atoms with van der Waals surface area (Å²) in [6, 6.07) is 0. The third kappa shape index (κ3) is 6.12. The number of ether oxygens (including phenoxy) is 1. The van der Waals surface area contributed by atoms with E-state index in [2.05, 4.69) is 0 Å². The first-order valence-corrected chi connectivity index (χ1v) is 4.03. The van der Waals surface area contributed by atoms with Crippen LogP contribution >= 0.6 is 0 Å². The minimum Gasteiger partial charge on any atom is -0.464 e. The molecule has 1 unspecified atom stereocenters. The highest BCUT2D eigenvalue weighted by molar-refractivity contribution is 5.73. The van der Waals surface area contributed by atoms with Gasteiger partial charge in [0, 0.05) is 6.54 Å². The Morgan fingerprint density at radius 1 is 1.58 bits per heavy atom. The fourth-order valence-corrected chi connectivity index (χ4v) is 0.674. The van der Waals surface area contributed by atoms with E-state index in [9.17, 15) is 4.79 Å². The minimum absolute atomic E-state index is 0.377. The monoisotopic (exact) mass is 175 g/mol. The first kappa shape index (κ1) is 11.4. The fraction of sp³-hybridized carbons (Fsp3) is 0.875. The van der Waals surface area contributed by atoms with Gasteiger partial charge < -0.3 is 14.7 Å². The van der Waals surface area contributed by atoms with Gasteiger partial charge in [-0.25, -0.2) is 4.79 Å². The fourth-order valence-electron chi connectivity index (χ4n) is 0.674. The number of hydrogen-bond acceptors (Lipinski definition) is 4. The maximum absolute atomic E-state index is 10.7. The number of carbonyl (C=O) groups is 1. The summed E-state index contributed by atoms with van der Waals surface area (Å²) in [7, 11) is 3.91. The molecule has 4 heteroatoms. The number of carbonyl (C=O) groups excluding carboxylic acids is 1. The van der Waals surface area contributed by atoms with Crippen LogP contribution in [-0.2, 0) is 9.53 Å². The average molecular weight is 175 g/mol. The number of nitrogens with zero attached hydrogens (tertiary/aromatic N) is 1. The lowest BCUT2D eigenvalue weighted by Gasteiger charge is -2.10. The number of esters is 1. The molecule has 12 heavy (non-hydrogen) atoms. The largest absolute Gasteiger partial charge is 0.464 e. The Bertz CT molecular complexity index is 134. The molecule has 1 N–H and O–H groups in total. The molecule has 0 radical (unpaired) electrons. The molecule has 0 heterocycles. The predicted octanol–water partition coefficient (Wildman–Crippen LogP) is -0.138. The second-order valence-electron chi connectivity index (χ2n) is 3.00. The van der Waals surface area contributed by atoms with Crippen molar-refractivity contribution in [3.8, 4) is 0 Å². The van der Waals surface area contributed by atoms with Crippen molar-refractivity contribution in [2.45, 2.75) is 19.4 Å². The van der Waals surface area contributed by atoms with Crippen molar-refractivity contribution < 1.29 is 14.6 Å². The summed E-state index contributed by atoms with van der Waals surface area (Å²) < 4.78 is 4.74. The quantitative estimate of drug-likeness (QED) is 0.467. The van der Waals surface area contributed by atoms with E-state index in [-0.39, 0.29) is 0 Å². The maximum atomic E-state index is 10.7. The maximum Gasteiger partial charge on any atom is 0.334 e. The zero-order valence-corrected chi connectivity index (χ0v) is 7.91. The molecule has 0 aliphatic rings. The van der Waals surface area contributed by atoms with Crippen molar-refractivity contribution in [3.63, 3.8) is 0 Å². The molecule has 0 bridgehead atoms. The van der Waals surface area contributed by atoms with Crippen molar-refractivity contribution in [1.82, 2.24) is 4.90 Å². The highest BCUT2D eigenvalue weighted by atomic mass is 16.5. The molecule has 0 amide bonds. The predicted molar refractivity (Wildman–Crippen MR) is 45.8 cm³/mol. The molecule has 0 aromatic carbocycles. The summed E-state index contributed by atoms with van der Waals surface area (Å²) in [5, 5.41) is 8.74. The van der Waals surface area contributed by atoms with Gasteiger partial charge in [-0.2, -0.15) is 0 Å². The van der Waals surface area contributed by atoms with Crippen LogP contribution in [0.3, 0.4) is 0 Å². The topological polar surface area (TPSA) is 49.8 Å². The van der Waals surface area contributed by atoms with Crippen molar-refractivity contribution in [3.05, 3.63) is 0 Å². The molecule has 0 rings (SSSR count). The first-order chi connectivity index (χ1) is 5.54. The second-order valence-corrected chi connectivity index (χ2v) is 3.00. The SMILES string of the molecule is CC(O)C(=O)OCCCN(C)C. The molecule has 1 atom stereocenters. The van der Waals surface area contributed by atoms with E-state index in [0.29, 0.717) is 6.61 Å². The highest BCUT2D eigenvalue weighted by Gasteiger charge is 2.08. The van der Waals surface area contributed by atoms with E-state index in [1.807, 2.05) is 19.0 Å². The van der Waals surface area contributed by atoms with E-state index in [1.54, 1.807) is 0 Å². The summed E-state index contributed by atoms with van der Waals surface area (Å²) in [5.74, 6) is -0.547. The van der Waals surface area contributed by atoms with Crippen molar-refractivity contribution in [1.29, 1.82) is 0 Å². The summed E-state index contributed by atoms with van der Waals surface area (Å²) in [5.41, 5.74) is 0. The van der Waals surface area contributed by atoms with Gasteiger partial charge in [-0.1, -0.05) is 0 Å². The number of hydrogen-bond donors (Lipinski definition) is 1. The van der Waals surface area contributed by atoms with Crippen LogP contribution in [0.5, 0.6) is 0 Å². The van der Waals surface area contributed by atoms with Gasteiger partial charge in [0.15, 0.2) is 0 Å².